The molecular formula is C15H21N3O2S. The van der Waals surface area contributed by atoms with Crippen LogP contribution in [0.3, 0.4) is 0 Å². The normalized spacial score (nSPS) is 25.4. The standard InChI is InChI=1S/C15H21N3O2S/c19-13-7-8-16-15(17-13)21-10-14(20)18-9-3-5-11-4-1-2-6-12(11)18/h7-8,11-12H,1-6,9-10H2,(H,16,17,19)/t11-,12+/m1/s1. The number of hydrogen-bond acceptors (Lipinski definition) is 4. The smallest absolute Gasteiger partial charge is 0.251 e. The number of H-pyrrole nitrogens is 1. The minimum Gasteiger partial charge on any atom is -0.339 e. The highest BCUT2D eigenvalue weighted by atomic mass is 32.2. The molecule has 0 unspecified atom stereocenters. The summed E-state index contributed by atoms with van der Waals surface area (Å²) in [4.78, 5) is 32.5. The van der Waals surface area contributed by atoms with Crippen molar-refractivity contribution in [1.82, 2.24) is 14.9 Å². The monoisotopic (exact) mass is 307 g/mol. The van der Waals surface area contributed by atoms with Crippen LogP contribution in [0, 0.1) is 5.92 Å². The molecule has 2 fully saturated rings. The van der Waals surface area contributed by atoms with E-state index in [0.29, 0.717) is 22.9 Å². The summed E-state index contributed by atoms with van der Waals surface area (Å²) in [5.74, 6) is 1.25. The van der Waals surface area contributed by atoms with E-state index in [1.807, 2.05) is 0 Å². The van der Waals surface area contributed by atoms with E-state index in [4.69, 9.17) is 0 Å². The van der Waals surface area contributed by atoms with Gasteiger partial charge in [0.2, 0.25) is 5.91 Å². The number of amides is 1. The van der Waals surface area contributed by atoms with Gasteiger partial charge >= 0.3 is 0 Å². The van der Waals surface area contributed by atoms with Crippen LogP contribution in [0.15, 0.2) is 22.2 Å². The molecule has 0 bridgehead atoms. The molecular weight excluding hydrogens is 286 g/mol. The molecule has 1 N–H and O–H groups in total. The third-order valence-electron chi connectivity index (χ3n) is 4.54. The van der Waals surface area contributed by atoms with E-state index < -0.39 is 0 Å². The molecule has 1 saturated carbocycles. The van der Waals surface area contributed by atoms with Gasteiger partial charge in [-0.2, -0.15) is 0 Å². The summed E-state index contributed by atoms with van der Waals surface area (Å²) >= 11 is 1.32. The number of fused-ring (bicyclic) bond motifs is 1. The Morgan fingerprint density at radius 2 is 2.14 bits per heavy atom. The summed E-state index contributed by atoms with van der Waals surface area (Å²) in [5, 5.41) is 0.521. The summed E-state index contributed by atoms with van der Waals surface area (Å²) < 4.78 is 0. The fraction of sp³-hybridized carbons (Fsp3) is 0.667. The van der Waals surface area contributed by atoms with Crippen LogP contribution in [0.25, 0.3) is 0 Å². The van der Waals surface area contributed by atoms with Crippen molar-refractivity contribution in [3.8, 4) is 0 Å². The van der Waals surface area contributed by atoms with Crippen LogP contribution in [0.5, 0.6) is 0 Å². The number of rotatable bonds is 3. The summed E-state index contributed by atoms with van der Waals surface area (Å²) in [7, 11) is 0. The lowest BCUT2D eigenvalue weighted by atomic mass is 9.78. The van der Waals surface area contributed by atoms with Crippen molar-refractivity contribution >= 4 is 17.7 Å². The molecule has 0 spiro atoms. The number of nitrogens with zero attached hydrogens (tertiary/aromatic N) is 2. The van der Waals surface area contributed by atoms with Crippen molar-refractivity contribution in [1.29, 1.82) is 0 Å². The fourth-order valence-corrected chi connectivity index (χ4v) is 4.31. The molecule has 1 aliphatic heterocycles. The first-order valence-corrected chi connectivity index (χ1v) is 8.70. The molecule has 2 heterocycles. The average Bonchev–Trinajstić information content (AvgIpc) is 2.52. The van der Waals surface area contributed by atoms with Gasteiger partial charge in [-0.25, -0.2) is 4.98 Å². The highest BCUT2D eigenvalue weighted by molar-refractivity contribution is 7.99. The summed E-state index contributed by atoms with van der Waals surface area (Å²) in [6, 6.07) is 1.83. The molecule has 2 aliphatic rings. The maximum absolute atomic E-state index is 12.5. The Morgan fingerprint density at radius 1 is 1.33 bits per heavy atom. The molecule has 1 aromatic heterocycles. The number of nitrogens with one attached hydrogen (secondary N) is 1. The van der Waals surface area contributed by atoms with Gasteiger partial charge in [-0.15, -0.1) is 0 Å². The van der Waals surface area contributed by atoms with E-state index >= 15 is 0 Å². The third kappa shape index (κ3) is 3.48. The molecule has 1 saturated heterocycles. The molecule has 0 aromatic carbocycles. The quantitative estimate of drug-likeness (QED) is 0.685. The summed E-state index contributed by atoms with van der Waals surface area (Å²) in [6.45, 7) is 0.888. The van der Waals surface area contributed by atoms with Crippen LogP contribution in [0.1, 0.15) is 38.5 Å². The van der Waals surface area contributed by atoms with Gasteiger partial charge in [0, 0.05) is 24.8 Å². The van der Waals surface area contributed by atoms with Crippen LogP contribution in [0.2, 0.25) is 0 Å². The maximum atomic E-state index is 12.5. The second-order valence-corrected chi connectivity index (χ2v) is 6.83. The second-order valence-electron chi connectivity index (χ2n) is 5.87. The minimum atomic E-state index is -0.176. The first kappa shape index (κ1) is 14.6. The van der Waals surface area contributed by atoms with Crippen LogP contribution in [0.4, 0.5) is 0 Å². The third-order valence-corrected chi connectivity index (χ3v) is 5.42. The molecule has 5 nitrogen and oxygen atoms in total. The van der Waals surface area contributed by atoms with Gasteiger partial charge in [0.25, 0.3) is 5.56 Å². The molecule has 21 heavy (non-hydrogen) atoms. The van der Waals surface area contributed by atoms with Crippen molar-refractivity contribution in [2.45, 2.75) is 49.7 Å². The zero-order valence-electron chi connectivity index (χ0n) is 12.1. The van der Waals surface area contributed by atoms with Gasteiger partial charge < -0.3 is 9.88 Å². The van der Waals surface area contributed by atoms with Gasteiger partial charge in [0.05, 0.1) is 5.75 Å². The number of aromatic nitrogens is 2. The summed E-state index contributed by atoms with van der Waals surface area (Å²) in [6.07, 6.45) is 8.85. The molecule has 0 radical (unpaired) electrons. The van der Waals surface area contributed by atoms with Crippen LogP contribution in [-0.2, 0) is 4.79 Å². The number of hydrogen-bond donors (Lipinski definition) is 1. The second kappa shape index (κ2) is 6.64. The predicted octanol–water partition coefficient (Wildman–Crippen LogP) is 2.04. The Kier molecular flexibility index (Phi) is 4.63. The van der Waals surface area contributed by atoms with Crippen LogP contribution < -0.4 is 5.56 Å². The Balaban J connectivity index is 1.60. The first-order chi connectivity index (χ1) is 10.2. The highest BCUT2D eigenvalue weighted by Crippen LogP contribution is 2.35. The van der Waals surface area contributed by atoms with Gasteiger partial charge in [0.15, 0.2) is 5.16 Å². The van der Waals surface area contributed by atoms with Crippen molar-refractivity contribution in [3.63, 3.8) is 0 Å². The van der Waals surface area contributed by atoms with Crippen molar-refractivity contribution < 1.29 is 4.79 Å². The fourth-order valence-electron chi connectivity index (χ4n) is 3.57. The number of likely N-dealkylation sites (tertiary alicyclic amines) is 1. The predicted molar refractivity (Wildman–Crippen MR) is 82.3 cm³/mol. The van der Waals surface area contributed by atoms with E-state index in [-0.39, 0.29) is 11.5 Å². The Hall–Kier alpha value is -1.30. The molecule has 114 valence electrons. The summed E-state index contributed by atoms with van der Waals surface area (Å²) in [5.41, 5.74) is -0.176. The first-order valence-electron chi connectivity index (χ1n) is 7.71. The number of aromatic amines is 1. The number of thioether (sulfide) groups is 1. The largest absolute Gasteiger partial charge is 0.339 e. The van der Waals surface area contributed by atoms with Gasteiger partial charge in [-0.3, -0.25) is 9.59 Å². The number of piperidine rings is 1. The lowest BCUT2D eigenvalue weighted by Gasteiger charge is -2.44. The highest BCUT2D eigenvalue weighted by Gasteiger charge is 2.35. The molecule has 1 amide bonds. The molecule has 1 aliphatic carbocycles. The molecule has 3 rings (SSSR count). The SMILES string of the molecule is O=C(CSc1nccc(=O)[nH]1)N1CCC[C@H]2CCCC[C@@H]21. The van der Waals surface area contributed by atoms with Crippen LogP contribution in [-0.4, -0.2) is 39.1 Å². The van der Waals surface area contributed by atoms with Crippen molar-refractivity contribution in [3.05, 3.63) is 22.6 Å². The van der Waals surface area contributed by atoms with Gasteiger partial charge in [-0.05, 0) is 31.6 Å². The minimum absolute atomic E-state index is 0.176. The zero-order valence-corrected chi connectivity index (χ0v) is 12.9. The van der Waals surface area contributed by atoms with E-state index in [1.54, 1.807) is 0 Å². The zero-order chi connectivity index (χ0) is 14.7. The molecule has 1 aromatic rings. The van der Waals surface area contributed by atoms with E-state index in [1.165, 1.54) is 49.7 Å². The lowest BCUT2D eigenvalue weighted by Crippen LogP contribution is -2.50. The average molecular weight is 307 g/mol. The van der Waals surface area contributed by atoms with E-state index in [9.17, 15) is 9.59 Å². The van der Waals surface area contributed by atoms with E-state index in [2.05, 4.69) is 14.9 Å². The molecule has 2 atom stereocenters. The number of carbonyl (C=O) groups is 1. The van der Waals surface area contributed by atoms with Gasteiger partial charge in [0.1, 0.15) is 0 Å². The van der Waals surface area contributed by atoms with Crippen molar-refractivity contribution in [2.24, 2.45) is 5.92 Å². The Labute approximate surface area is 128 Å². The number of carbonyl (C=O) groups excluding carboxylic acids is 1. The van der Waals surface area contributed by atoms with Crippen LogP contribution >= 0.6 is 11.8 Å². The van der Waals surface area contributed by atoms with Crippen molar-refractivity contribution in [2.75, 3.05) is 12.3 Å². The molecule has 6 heteroatoms. The maximum Gasteiger partial charge on any atom is 0.251 e. The lowest BCUT2D eigenvalue weighted by molar-refractivity contribution is -0.134. The van der Waals surface area contributed by atoms with E-state index in [0.717, 1.165) is 19.4 Å². The van der Waals surface area contributed by atoms with Gasteiger partial charge in [-0.1, -0.05) is 24.6 Å². The Morgan fingerprint density at radius 3 is 3.00 bits per heavy atom. The Bertz CT molecular complexity index is 558. The topological polar surface area (TPSA) is 66.1 Å².